The standard InChI is InChI=1S/C10HBr21S/c11-1(12,3(15,16)5(19,20)7(23,24)9(27,28)29)2(13,14)4(17,18)6(21,22)8(25,26)10(30,31)32/h32H. The van der Waals surface area contributed by atoms with E-state index in [2.05, 4.69) is 347 Å². The van der Waals surface area contributed by atoms with Gasteiger partial charge in [0.05, 0.1) is 0 Å². The van der Waals surface area contributed by atoms with Crippen molar-refractivity contribution in [2.45, 2.75) is 30.6 Å². The van der Waals surface area contributed by atoms with Gasteiger partial charge < -0.3 is 0 Å². The lowest BCUT2D eigenvalue weighted by Crippen LogP contribution is -2.70. The molecule has 0 rings (SSSR count). The molecule has 0 bridgehead atoms. The van der Waals surface area contributed by atoms with Gasteiger partial charge in [0.1, 0.15) is 28.4 Å². The van der Waals surface area contributed by atoms with E-state index in [-0.39, 0.29) is 0 Å². The highest BCUT2D eigenvalue weighted by atomic mass is 80.0. The van der Waals surface area contributed by atoms with Crippen LogP contribution in [-0.4, -0.2) is 30.6 Å². The van der Waals surface area contributed by atoms with E-state index in [0.717, 1.165) is 0 Å². The van der Waals surface area contributed by atoms with Gasteiger partial charge in [0.25, 0.3) is 0 Å². The summed E-state index contributed by atoms with van der Waals surface area (Å²) in [7, 11) is 0. The molecule has 0 radical (unpaired) electrons. The Kier molecular flexibility index (Phi) is 18.1. The van der Waals surface area contributed by atoms with Crippen LogP contribution in [0.5, 0.6) is 0 Å². The van der Waals surface area contributed by atoms with E-state index in [0.29, 0.717) is 0 Å². The van der Waals surface area contributed by atoms with E-state index < -0.39 is 30.6 Å². The molecule has 0 saturated carbocycles. The first-order valence-corrected chi connectivity index (χ1v) is 23.5. The number of thiol groups is 1. The topological polar surface area (TPSA) is 0 Å². The minimum Gasteiger partial charge on any atom is -0.147 e. The van der Waals surface area contributed by atoms with Crippen LogP contribution in [0.1, 0.15) is 0 Å². The number of alkyl halides is 21. The molecule has 0 spiro atoms. The first kappa shape index (κ1) is 42.4. The van der Waals surface area contributed by atoms with Crippen LogP contribution in [0, 0.1) is 0 Å². The minimum absolute atomic E-state index is 0.815. The van der Waals surface area contributed by atoms with Crippen molar-refractivity contribution in [2.75, 3.05) is 0 Å². The maximum absolute atomic E-state index is 4.62. The Morgan fingerprint density at radius 1 is 0.250 bits per heavy atom. The van der Waals surface area contributed by atoms with Crippen LogP contribution in [0.2, 0.25) is 0 Å². The van der Waals surface area contributed by atoms with E-state index in [1.54, 1.807) is 0 Å². The fraction of sp³-hybridized carbons (Fsp3) is 1.00. The Morgan fingerprint density at radius 3 is 0.562 bits per heavy atom. The van der Waals surface area contributed by atoms with Gasteiger partial charge >= 0.3 is 0 Å². The van der Waals surface area contributed by atoms with Crippen molar-refractivity contribution in [1.29, 1.82) is 0 Å². The van der Waals surface area contributed by atoms with Crippen LogP contribution >= 0.6 is 347 Å². The zero-order valence-electron chi connectivity index (χ0n) is 13.4. The van der Waals surface area contributed by atoms with Crippen LogP contribution in [0.15, 0.2) is 0 Å². The van der Waals surface area contributed by atoms with Gasteiger partial charge in [0.15, 0.2) is 2.14 Å². The van der Waals surface area contributed by atoms with Crippen molar-refractivity contribution in [3.05, 3.63) is 0 Å². The average Bonchev–Trinajstić information content (AvgIpc) is 2.51. The normalized spacial score (nSPS) is 17.1. The van der Waals surface area contributed by atoms with Crippen molar-refractivity contribution < 1.29 is 0 Å². The molecule has 194 valence electrons. The van der Waals surface area contributed by atoms with Gasteiger partial charge in [-0.1, -0.05) is 335 Å². The monoisotopic (exact) mass is 1810 g/mol. The summed E-state index contributed by atoms with van der Waals surface area (Å²) in [6.07, 6.45) is 0. The molecule has 0 saturated heterocycles. The Labute approximate surface area is 368 Å². The van der Waals surface area contributed by atoms with E-state index in [1.165, 1.54) is 0 Å². The molecule has 22 heteroatoms. The molecule has 0 heterocycles. The molecule has 0 atom stereocenters. The number of rotatable bonds is 8. The molecule has 0 nitrogen and oxygen atoms in total. The molecular formula is C10HBr21S. The van der Waals surface area contributed by atoms with Crippen molar-refractivity contribution in [1.82, 2.24) is 0 Å². The van der Waals surface area contributed by atoms with Crippen LogP contribution < -0.4 is 0 Å². The molecule has 0 amide bonds. The molecule has 32 heavy (non-hydrogen) atoms. The first-order chi connectivity index (χ1) is 13.2. The van der Waals surface area contributed by atoms with Gasteiger partial charge in [-0.25, -0.2) is 0 Å². The van der Waals surface area contributed by atoms with Crippen LogP contribution in [0.25, 0.3) is 0 Å². The summed E-state index contributed by atoms with van der Waals surface area (Å²) >= 11 is 83.5. The molecule has 0 N–H and O–H groups in total. The highest BCUT2D eigenvalue weighted by Gasteiger charge is 2.79. The van der Waals surface area contributed by atoms with Gasteiger partial charge in [-0.2, -0.15) is 0 Å². The second-order valence-corrected chi connectivity index (χ2v) is 45.3. The third-order valence-electron chi connectivity index (χ3n) is 3.49. The molecule has 0 aromatic heterocycles. The lowest BCUT2D eigenvalue weighted by Gasteiger charge is -2.59. The average molecular weight is 1830 g/mol. The van der Waals surface area contributed by atoms with E-state index in [4.69, 9.17) is 0 Å². The molecular weight excluding hydrogens is 1830 g/mol. The lowest BCUT2D eigenvalue weighted by molar-refractivity contribution is 0.570. The zero-order chi connectivity index (χ0) is 27.0. The van der Waals surface area contributed by atoms with Gasteiger partial charge in [-0.15, -0.1) is 12.6 Å². The van der Waals surface area contributed by atoms with E-state index in [9.17, 15) is 0 Å². The van der Waals surface area contributed by atoms with Crippen molar-refractivity contribution >= 4 is 347 Å². The minimum atomic E-state index is -1.09. The highest BCUT2D eigenvalue weighted by Crippen LogP contribution is 2.80. The largest absolute Gasteiger partial charge is 0.162 e. The third kappa shape index (κ3) is 7.52. The number of hydrogen-bond acceptors (Lipinski definition) is 1. The molecule has 0 aromatic rings. The van der Waals surface area contributed by atoms with Crippen LogP contribution in [0.4, 0.5) is 0 Å². The molecule has 0 aromatic carbocycles. The fourth-order valence-electron chi connectivity index (χ4n) is 1.55. The van der Waals surface area contributed by atoms with Gasteiger partial charge in [0, 0.05) is 0 Å². The van der Waals surface area contributed by atoms with Gasteiger partial charge in [-0.3, -0.25) is 0 Å². The molecule has 0 aliphatic heterocycles. The van der Waals surface area contributed by atoms with Crippen molar-refractivity contribution in [2.24, 2.45) is 0 Å². The van der Waals surface area contributed by atoms with E-state index >= 15 is 0 Å². The predicted octanol–water partition coefficient (Wildman–Crippen LogP) is 16.1. The summed E-state index contributed by atoms with van der Waals surface area (Å²) in [5.74, 6) is 0. The maximum atomic E-state index is 4.62. The second-order valence-electron chi connectivity index (χ2n) is 5.63. The fourth-order valence-corrected chi connectivity index (χ4v) is 20.9. The summed E-state index contributed by atoms with van der Waals surface area (Å²) in [5.41, 5.74) is 0. The molecule has 0 fully saturated rings. The molecule has 0 aliphatic rings. The smallest absolute Gasteiger partial charge is 0.147 e. The third-order valence-corrected chi connectivity index (χ3v) is 46.7. The lowest BCUT2D eigenvalue weighted by atomic mass is 10.1. The second kappa shape index (κ2) is 13.7. The summed E-state index contributed by atoms with van der Waals surface area (Å²) < 4.78 is -10.00. The summed E-state index contributed by atoms with van der Waals surface area (Å²) in [5, 5.41) is 0. The van der Waals surface area contributed by atoms with Gasteiger partial charge in [-0.05, 0) is 0 Å². The predicted molar refractivity (Wildman–Crippen MR) is 224 cm³/mol. The van der Waals surface area contributed by atoms with Crippen molar-refractivity contribution in [3.63, 3.8) is 0 Å². The zero-order valence-corrected chi connectivity index (χ0v) is 47.6. The Morgan fingerprint density at radius 2 is 0.406 bits per heavy atom. The summed E-state index contributed by atoms with van der Waals surface area (Å²) in [6.45, 7) is 0. The highest BCUT2D eigenvalue weighted by molar-refractivity contribution is 9.42. The van der Waals surface area contributed by atoms with E-state index in [1.807, 2.05) is 0 Å². The van der Waals surface area contributed by atoms with Crippen LogP contribution in [0.3, 0.4) is 0 Å². The summed E-state index contributed by atoms with van der Waals surface area (Å²) in [4.78, 5) is 0. The van der Waals surface area contributed by atoms with Crippen molar-refractivity contribution in [3.8, 4) is 0 Å². The van der Waals surface area contributed by atoms with Gasteiger partial charge in [0.2, 0.25) is 0 Å². The SMILES string of the molecule is SC(Br)(Br)C(Br)(Br)C(Br)(Br)C(Br)(Br)C(Br)(Br)C(Br)(Br)C(Br)(Br)C(Br)(Br)C(Br)(Br)C(Br)(Br)Br. The Balaban J connectivity index is 7.00. The van der Waals surface area contributed by atoms with Crippen LogP contribution in [-0.2, 0) is 0 Å². The quantitative estimate of drug-likeness (QED) is 0.182. The Hall–Kier alpha value is 10.4. The first-order valence-electron chi connectivity index (χ1n) is 6.44. The maximum Gasteiger partial charge on any atom is 0.162 e. The molecule has 0 aliphatic carbocycles. The number of halogens is 21. The summed E-state index contributed by atoms with van der Waals surface area (Å²) in [6, 6.07) is 0. The Bertz CT molecular complexity index is 632. The number of hydrogen-bond donors (Lipinski definition) is 1. The molecule has 0 unspecified atom stereocenters.